The summed E-state index contributed by atoms with van der Waals surface area (Å²) in [5.74, 6) is -1.05. The number of nitrogens with one attached hydrogen (secondary N) is 2. The molecule has 1 amide bonds. The second-order valence-electron chi connectivity index (χ2n) is 4.20. The van der Waals surface area contributed by atoms with Gasteiger partial charge in [0.1, 0.15) is 5.56 Å². The van der Waals surface area contributed by atoms with E-state index in [1.54, 1.807) is 30.3 Å². The minimum Gasteiger partial charge on any atom is -0.526 e. The number of amides is 1. The summed E-state index contributed by atoms with van der Waals surface area (Å²) < 4.78 is 0. The molecule has 1 radical (unpaired) electrons. The number of anilines is 1. The van der Waals surface area contributed by atoms with Gasteiger partial charge in [0.15, 0.2) is 0 Å². The number of hydrogen-bond acceptors (Lipinski definition) is 3. The number of benzene rings is 1. The summed E-state index contributed by atoms with van der Waals surface area (Å²) in [7, 11) is 0. The molecule has 0 fully saturated rings. The molecule has 5 nitrogen and oxygen atoms in total. The number of carbonyl (C=O) groups excluding carboxylic acids is 1. The van der Waals surface area contributed by atoms with Crippen molar-refractivity contribution in [3.8, 4) is 5.75 Å². The first-order chi connectivity index (χ1) is 9.54. The minimum absolute atomic E-state index is 0. The van der Waals surface area contributed by atoms with E-state index >= 15 is 0 Å². The van der Waals surface area contributed by atoms with Crippen LogP contribution in [-0.4, -0.2) is 16.0 Å². The first-order valence-corrected chi connectivity index (χ1v) is 6.00. The fourth-order valence-electron chi connectivity index (χ4n) is 1.87. The second kappa shape index (κ2) is 7.43. The normalized spacial score (nSPS) is 9.76. The van der Waals surface area contributed by atoms with E-state index in [4.69, 9.17) is 0 Å². The van der Waals surface area contributed by atoms with Gasteiger partial charge in [0, 0.05) is 38.4 Å². The van der Waals surface area contributed by atoms with Crippen LogP contribution >= 0.6 is 0 Å². The SMILES string of the molecule is [CH2-]Cc1c([CH2-])[nH]c(=O)c(C(=O)Nc2ccccc2)c1O.[Y]. The molecule has 0 aliphatic carbocycles. The maximum absolute atomic E-state index is 12.1. The van der Waals surface area contributed by atoms with E-state index in [9.17, 15) is 14.7 Å². The topological polar surface area (TPSA) is 82.2 Å². The summed E-state index contributed by atoms with van der Waals surface area (Å²) in [5.41, 5.74) is 0.130. The number of aromatic amines is 1. The molecule has 6 heteroatoms. The maximum Gasteiger partial charge on any atom is 0.263 e. The van der Waals surface area contributed by atoms with Crippen molar-refractivity contribution in [1.29, 1.82) is 0 Å². The van der Waals surface area contributed by atoms with Crippen LogP contribution in [0.5, 0.6) is 5.75 Å². The van der Waals surface area contributed by atoms with Gasteiger partial charge < -0.3 is 22.3 Å². The van der Waals surface area contributed by atoms with Crippen molar-refractivity contribution in [3.05, 3.63) is 71.4 Å². The van der Waals surface area contributed by atoms with Gasteiger partial charge in [0.25, 0.3) is 11.5 Å². The average molecular weight is 359 g/mol. The van der Waals surface area contributed by atoms with E-state index in [1.165, 1.54) is 0 Å². The molecule has 107 valence electrons. The first kappa shape index (κ1) is 17.5. The van der Waals surface area contributed by atoms with Gasteiger partial charge in [-0.25, -0.2) is 13.3 Å². The van der Waals surface area contributed by atoms with Crippen LogP contribution in [0.1, 0.15) is 21.6 Å². The van der Waals surface area contributed by atoms with Crippen LogP contribution in [-0.2, 0) is 39.1 Å². The monoisotopic (exact) mass is 359 g/mol. The average Bonchev–Trinajstić information content (AvgIpc) is 2.39. The van der Waals surface area contributed by atoms with Crippen LogP contribution < -0.4 is 10.9 Å². The molecule has 0 bridgehead atoms. The molecular formula is C15H14N2O3Y-2. The van der Waals surface area contributed by atoms with Gasteiger partial charge in [-0.3, -0.25) is 9.59 Å². The van der Waals surface area contributed by atoms with Crippen molar-refractivity contribution in [3.63, 3.8) is 0 Å². The molecule has 2 aromatic rings. The molecular weight excluding hydrogens is 345 g/mol. The summed E-state index contributed by atoms with van der Waals surface area (Å²) in [4.78, 5) is 26.4. The molecule has 0 saturated heterocycles. The largest absolute Gasteiger partial charge is 0.526 e. The fourth-order valence-corrected chi connectivity index (χ4v) is 1.87. The Bertz CT molecular complexity index is 696. The van der Waals surface area contributed by atoms with Crippen molar-refractivity contribution >= 4 is 11.6 Å². The van der Waals surface area contributed by atoms with Gasteiger partial charge in [-0.2, -0.15) is 5.56 Å². The molecule has 0 aliphatic heterocycles. The predicted octanol–water partition coefficient (Wildman–Crippen LogP) is 1.89. The van der Waals surface area contributed by atoms with Gasteiger partial charge in [-0.05, 0) is 12.1 Å². The summed E-state index contributed by atoms with van der Waals surface area (Å²) in [6.07, 6.45) is 0.215. The Morgan fingerprint density at radius 1 is 1.29 bits per heavy atom. The number of rotatable bonds is 3. The smallest absolute Gasteiger partial charge is 0.263 e. The van der Waals surface area contributed by atoms with Crippen molar-refractivity contribution < 1.29 is 42.6 Å². The molecule has 0 spiro atoms. The summed E-state index contributed by atoms with van der Waals surface area (Å²) in [5, 5.41) is 12.6. The molecule has 1 aromatic carbocycles. The summed E-state index contributed by atoms with van der Waals surface area (Å²) in [6.45, 7) is 7.25. The molecule has 3 N–H and O–H groups in total. The number of para-hydroxylation sites is 1. The zero-order valence-corrected chi connectivity index (χ0v) is 14.2. The maximum atomic E-state index is 12.1. The molecule has 0 unspecified atom stereocenters. The standard InChI is InChI=1S/C15H14N2O3.Y/c1-3-11-9(2)16-14(19)12(13(11)18)15(20)17-10-7-5-4-6-8-10;/h4-8H,1-3H2,(H,17,20)(H2,16,18,19);/q-2;. The van der Waals surface area contributed by atoms with E-state index in [-0.39, 0.29) is 56.1 Å². The van der Waals surface area contributed by atoms with Crippen LogP contribution in [0.2, 0.25) is 0 Å². The Morgan fingerprint density at radius 3 is 2.48 bits per heavy atom. The minimum atomic E-state index is -0.682. The van der Waals surface area contributed by atoms with Crippen molar-refractivity contribution in [1.82, 2.24) is 4.98 Å². The van der Waals surface area contributed by atoms with Gasteiger partial charge in [-0.1, -0.05) is 18.2 Å². The zero-order chi connectivity index (χ0) is 14.7. The van der Waals surface area contributed by atoms with Gasteiger partial charge in [0.2, 0.25) is 0 Å². The molecule has 1 heterocycles. The van der Waals surface area contributed by atoms with E-state index in [2.05, 4.69) is 24.1 Å². The molecule has 1 aromatic heterocycles. The van der Waals surface area contributed by atoms with Gasteiger partial charge in [-0.15, -0.1) is 5.69 Å². The van der Waals surface area contributed by atoms with Crippen molar-refractivity contribution in [2.45, 2.75) is 6.42 Å². The molecule has 0 atom stereocenters. The number of hydrogen-bond donors (Lipinski definition) is 3. The summed E-state index contributed by atoms with van der Waals surface area (Å²) in [6, 6.07) is 8.67. The molecule has 21 heavy (non-hydrogen) atoms. The summed E-state index contributed by atoms with van der Waals surface area (Å²) >= 11 is 0. The van der Waals surface area contributed by atoms with Crippen LogP contribution in [0.3, 0.4) is 0 Å². The Kier molecular flexibility index (Phi) is 6.18. The molecule has 0 aliphatic rings. The quantitative estimate of drug-likeness (QED) is 0.732. The number of aromatic nitrogens is 1. The Hall–Kier alpha value is -1.59. The van der Waals surface area contributed by atoms with Gasteiger partial charge in [0.05, 0.1) is 5.75 Å². The second-order valence-corrected chi connectivity index (χ2v) is 4.20. The predicted molar refractivity (Wildman–Crippen MR) is 76.6 cm³/mol. The number of pyridine rings is 1. The number of H-pyrrole nitrogens is 1. The third kappa shape index (κ3) is 3.74. The van der Waals surface area contributed by atoms with E-state index in [0.717, 1.165) is 0 Å². The van der Waals surface area contributed by atoms with Crippen LogP contribution in [0, 0.1) is 13.8 Å². The number of aromatic hydroxyl groups is 1. The Balaban J connectivity index is 0.00000220. The van der Waals surface area contributed by atoms with Crippen LogP contribution in [0.25, 0.3) is 0 Å². The van der Waals surface area contributed by atoms with Crippen molar-refractivity contribution in [2.75, 3.05) is 5.32 Å². The first-order valence-electron chi connectivity index (χ1n) is 6.00. The van der Waals surface area contributed by atoms with Crippen molar-refractivity contribution in [2.24, 2.45) is 0 Å². The third-order valence-electron chi connectivity index (χ3n) is 2.89. The van der Waals surface area contributed by atoms with Crippen LogP contribution in [0.15, 0.2) is 35.1 Å². The number of carbonyl (C=O) groups is 1. The fraction of sp³-hybridized carbons (Fsp3) is 0.0667. The van der Waals surface area contributed by atoms with E-state index in [1.807, 2.05) is 0 Å². The van der Waals surface area contributed by atoms with E-state index in [0.29, 0.717) is 11.3 Å². The van der Waals surface area contributed by atoms with Crippen LogP contribution in [0.4, 0.5) is 5.69 Å². The van der Waals surface area contributed by atoms with E-state index < -0.39 is 11.5 Å². The van der Waals surface area contributed by atoms with Gasteiger partial charge >= 0.3 is 0 Å². The molecule has 2 rings (SSSR count). The zero-order valence-electron chi connectivity index (χ0n) is 11.3. The third-order valence-corrected chi connectivity index (χ3v) is 2.89. The molecule has 0 saturated carbocycles. The Labute approximate surface area is 147 Å². The Morgan fingerprint density at radius 2 is 1.90 bits per heavy atom.